The summed E-state index contributed by atoms with van der Waals surface area (Å²) in [5, 5.41) is 3.86. The van der Waals surface area contributed by atoms with Crippen LogP contribution in [0.25, 0.3) is 17.1 Å². The van der Waals surface area contributed by atoms with Crippen LogP contribution in [0.3, 0.4) is 0 Å². The molecule has 1 amide bonds. The van der Waals surface area contributed by atoms with E-state index in [-0.39, 0.29) is 30.7 Å². The Labute approximate surface area is 168 Å². The Bertz CT molecular complexity index is 1050. The number of nitrogens with zero attached hydrogens (tertiary/aromatic N) is 3. The molecule has 0 aliphatic carbocycles. The summed E-state index contributed by atoms with van der Waals surface area (Å²) in [4.78, 5) is 26.3. The molecule has 0 atom stereocenters. The normalized spacial score (nSPS) is 16.6. The van der Waals surface area contributed by atoms with E-state index in [1.54, 1.807) is 12.3 Å². The molecule has 0 fully saturated rings. The fourth-order valence-corrected chi connectivity index (χ4v) is 3.33. The number of carbonyl (C=O) groups is 1. The van der Waals surface area contributed by atoms with Crippen molar-refractivity contribution in [2.75, 3.05) is 0 Å². The molecular weight excluding hydrogens is 385 g/mol. The lowest BCUT2D eigenvalue weighted by Gasteiger charge is -2.15. The van der Waals surface area contributed by atoms with Crippen molar-refractivity contribution in [1.29, 1.82) is 0 Å². The fraction of sp³-hybridized carbons (Fsp3) is 0.105. The van der Waals surface area contributed by atoms with Crippen LogP contribution < -0.4 is 5.32 Å². The molecule has 1 aromatic carbocycles. The zero-order valence-electron chi connectivity index (χ0n) is 14.2. The molecule has 5 rings (SSSR count). The van der Waals surface area contributed by atoms with Gasteiger partial charge in [-0.15, -0.1) is 24.8 Å². The summed E-state index contributed by atoms with van der Waals surface area (Å²) >= 11 is 0. The summed E-state index contributed by atoms with van der Waals surface area (Å²) in [5.41, 5.74) is 4.67. The number of fused-ring (bicyclic) bond motifs is 2. The summed E-state index contributed by atoms with van der Waals surface area (Å²) in [7, 11) is 0. The maximum atomic E-state index is 12.3. The molecule has 4 heterocycles. The summed E-state index contributed by atoms with van der Waals surface area (Å²) in [6.45, 7) is 1.53. The van der Waals surface area contributed by atoms with Gasteiger partial charge in [-0.3, -0.25) is 10.1 Å². The Balaban J connectivity index is 0.00000105. The molecule has 2 aliphatic heterocycles. The van der Waals surface area contributed by atoms with E-state index >= 15 is 0 Å². The molecule has 0 unspecified atom stereocenters. The van der Waals surface area contributed by atoms with E-state index < -0.39 is 0 Å². The number of guanidine groups is 1. The summed E-state index contributed by atoms with van der Waals surface area (Å²) in [6, 6.07) is 12.1. The molecule has 0 saturated carbocycles. The van der Waals surface area contributed by atoms with Crippen molar-refractivity contribution in [1.82, 2.24) is 20.2 Å². The Morgan fingerprint density at radius 3 is 2.52 bits per heavy atom. The maximum absolute atomic E-state index is 12.3. The van der Waals surface area contributed by atoms with E-state index in [9.17, 15) is 4.79 Å². The van der Waals surface area contributed by atoms with Crippen LogP contribution >= 0.6 is 24.8 Å². The number of rotatable bonds is 1. The van der Waals surface area contributed by atoms with Crippen LogP contribution in [0.2, 0.25) is 0 Å². The molecule has 2 aromatic heterocycles. The number of H-pyrrole nitrogens is 1. The minimum Gasteiger partial charge on any atom is -0.346 e. The number of pyridine rings is 1. The number of carbonyl (C=O) groups excluding carboxylic acids is 1. The van der Waals surface area contributed by atoms with E-state index in [2.05, 4.69) is 37.3 Å². The standard InChI is InChI=1S/C19H15N5O.2ClH/c25-18-16(8-14-9-21-17-15(14)6-3-7-20-17)22-19(23-18)24-10-12-4-1-2-5-13(12)11-24;;/h1-9H,10-11H2,(H,20,21)(H,22,23,25);2*1H/b16-8-;;. The van der Waals surface area contributed by atoms with Crippen LogP contribution in [0.5, 0.6) is 0 Å². The van der Waals surface area contributed by atoms with Gasteiger partial charge in [0.1, 0.15) is 11.3 Å². The van der Waals surface area contributed by atoms with Gasteiger partial charge in [-0.25, -0.2) is 9.98 Å². The Kier molecular flexibility index (Phi) is 5.21. The smallest absolute Gasteiger partial charge is 0.276 e. The van der Waals surface area contributed by atoms with Gasteiger partial charge in [-0.2, -0.15) is 0 Å². The van der Waals surface area contributed by atoms with Crippen LogP contribution in [0.4, 0.5) is 0 Å². The second kappa shape index (κ2) is 7.42. The molecular formula is C19H17Cl2N5O. The Hall–Kier alpha value is -2.83. The lowest BCUT2D eigenvalue weighted by Crippen LogP contribution is -2.37. The number of benzene rings is 1. The molecule has 2 aliphatic rings. The second-order valence-electron chi connectivity index (χ2n) is 6.19. The van der Waals surface area contributed by atoms with E-state index in [1.165, 1.54) is 11.1 Å². The number of nitrogens with one attached hydrogen (secondary N) is 2. The van der Waals surface area contributed by atoms with Gasteiger partial charge in [-0.05, 0) is 29.3 Å². The molecule has 3 aromatic rings. The van der Waals surface area contributed by atoms with Crippen LogP contribution in [-0.2, 0) is 17.9 Å². The summed E-state index contributed by atoms with van der Waals surface area (Å²) in [6.07, 6.45) is 5.38. The average Bonchev–Trinajstić information content (AvgIpc) is 3.33. The molecule has 27 heavy (non-hydrogen) atoms. The van der Waals surface area contributed by atoms with Crippen molar-refractivity contribution >= 4 is 53.8 Å². The summed E-state index contributed by atoms with van der Waals surface area (Å²) < 4.78 is 0. The Morgan fingerprint density at radius 1 is 1.04 bits per heavy atom. The van der Waals surface area contributed by atoms with Crippen molar-refractivity contribution in [3.8, 4) is 0 Å². The highest BCUT2D eigenvalue weighted by Crippen LogP contribution is 2.25. The minimum absolute atomic E-state index is 0. The zero-order valence-corrected chi connectivity index (χ0v) is 15.8. The zero-order chi connectivity index (χ0) is 16.8. The van der Waals surface area contributed by atoms with E-state index in [0.29, 0.717) is 11.7 Å². The second-order valence-corrected chi connectivity index (χ2v) is 6.19. The lowest BCUT2D eigenvalue weighted by molar-refractivity contribution is -0.115. The molecule has 0 radical (unpaired) electrons. The molecule has 2 N–H and O–H groups in total. The van der Waals surface area contributed by atoms with E-state index in [4.69, 9.17) is 0 Å². The third kappa shape index (κ3) is 3.29. The largest absolute Gasteiger partial charge is 0.346 e. The lowest BCUT2D eigenvalue weighted by atomic mass is 10.1. The number of hydrogen-bond donors (Lipinski definition) is 2. The number of hydrogen-bond acceptors (Lipinski definition) is 4. The van der Waals surface area contributed by atoms with E-state index in [1.807, 2.05) is 30.5 Å². The first-order valence-electron chi connectivity index (χ1n) is 8.13. The molecule has 138 valence electrons. The molecule has 0 bridgehead atoms. The van der Waals surface area contributed by atoms with Crippen molar-refractivity contribution in [3.63, 3.8) is 0 Å². The first-order valence-corrected chi connectivity index (χ1v) is 8.13. The van der Waals surface area contributed by atoms with Gasteiger partial charge >= 0.3 is 0 Å². The third-order valence-electron chi connectivity index (χ3n) is 4.60. The van der Waals surface area contributed by atoms with Crippen LogP contribution in [0.15, 0.2) is 59.5 Å². The third-order valence-corrected chi connectivity index (χ3v) is 4.60. The van der Waals surface area contributed by atoms with E-state index in [0.717, 1.165) is 29.7 Å². The highest BCUT2D eigenvalue weighted by molar-refractivity contribution is 6.14. The quantitative estimate of drug-likeness (QED) is 0.614. The van der Waals surface area contributed by atoms with Crippen molar-refractivity contribution < 1.29 is 4.79 Å². The minimum atomic E-state index is -0.177. The van der Waals surface area contributed by atoms with Crippen LogP contribution in [-0.4, -0.2) is 26.7 Å². The molecule has 0 spiro atoms. The first kappa shape index (κ1) is 18.9. The van der Waals surface area contributed by atoms with Gasteiger partial charge in [0, 0.05) is 36.4 Å². The average molecular weight is 402 g/mol. The van der Waals surface area contributed by atoms with Crippen LogP contribution in [0.1, 0.15) is 16.7 Å². The fourth-order valence-electron chi connectivity index (χ4n) is 3.33. The van der Waals surface area contributed by atoms with Crippen LogP contribution in [0, 0.1) is 0 Å². The number of aliphatic imine (C=N–C) groups is 1. The van der Waals surface area contributed by atoms with Gasteiger partial charge in [0.25, 0.3) is 5.91 Å². The number of halogens is 2. The van der Waals surface area contributed by atoms with Gasteiger partial charge in [0.05, 0.1) is 0 Å². The van der Waals surface area contributed by atoms with Gasteiger partial charge in [0.2, 0.25) is 5.96 Å². The Morgan fingerprint density at radius 2 is 1.78 bits per heavy atom. The SMILES string of the molecule is Cl.Cl.O=C1NC(N2Cc3ccccc3C2)=N/C1=C\c1c[nH]c2ncccc12. The summed E-state index contributed by atoms with van der Waals surface area (Å²) in [5.74, 6) is 0.439. The predicted molar refractivity (Wildman–Crippen MR) is 110 cm³/mol. The number of aromatic nitrogens is 2. The maximum Gasteiger partial charge on any atom is 0.276 e. The number of amides is 1. The number of aromatic amines is 1. The van der Waals surface area contributed by atoms with Gasteiger partial charge in [-0.1, -0.05) is 24.3 Å². The van der Waals surface area contributed by atoms with Crippen molar-refractivity contribution in [3.05, 3.63) is 71.2 Å². The topological polar surface area (TPSA) is 73.4 Å². The van der Waals surface area contributed by atoms with Gasteiger partial charge in [0.15, 0.2) is 0 Å². The monoisotopic (exact) mass is 401 g/mol. The highest BCUT2D eigenvalue weighted by atomic mass is 35.5. The molecule has 8 heteroatoms. The van der Waals surface area contributed by atoms with Crippen molar-refractivity contribution in [2.24, 2.45) is 4.99 Å². The van der Waals surface area contributed by atoms with Crippen molar-refractivity contribution in [2.45, 2.75) is 13.1 Å². The molecule has 6 nitrogen and oxygen atoms in total. The first-order chi connectivity index (χ1) is 12.3. The molecule has 0 saturated heterocycles. The predicted octanol–water partition coefficient (Wildman–Crippen LogP) is 3.25. The highest BCUT2D eigenvalue weighted by Gasteiger charge is 2.28. The van der Waals surface area contributed by atoms with Gasteiger partial charge < -0.3 is 9.88 Å².